The second kappa shape index (κ2) is 11.1. The number of hydrogen-bond donors (Lipinski definition) is 1. The Morgan fingerprint density at radius 3 is 2.15 bits per heavy atom. The number of piperidine rings is 1. The van der Waals surface area contributed by atoms with E-state index >= 15 is 0 Å². The summed E-state index contributed by atoms with van der Waals surface area (Å²) in [6, 6.07) is 25.5. The van der Waals surface area contributed by atoms with Gasteiger partial charge in [0.1, 0.15) is 24.2 Å². The van der Waals surface area contributed by atoms with E-state index in [0.29, 0.717) is 6.54 Å². The highest BCUT2D eigenvalue weighted by Gasteiger charge is 2.26. The lowest BCUT2D eigenvalue weighted by Crippen LogP contribution is -2.42. The maximum Gasteiger partial charge on any atom is 0.166 e. The molecule has 0 aromatic heterocycles. The minimum Gasteiger partial charge on any atom is -0.497 e. The molecule has 5 heteroatoms. The molecule has 1 N–H and O–H groups in total. The van der Waals surface area contributed by atoms with Crippen LogP contribution >= 0.6 is 0 Å². The Morgan fingerprint density at radius 1 is 0.909 bits per heavy atom. The molecular weight excluding hydrogens is 414 g/mol. The third kappa shape index (κ3) is 6.21. The van der Waals surface area contributed by atoms with Crippen LogP contribution in [0, 0.1) is 5.92 Å². The smallest absolute Gasteiger partial charge is 0.166 e. The fourth-order valence-corrected chi connectivity index (χ4v) is 4.29. The van der Waals surface area contributed by atoms with E-state index in [2.05, 4.69) is 17.0 Å². The molecule has 1 aliphatic rings. The lowest BCUT2D eigenvalue weighted by atomic mass is 9.89. The summed E-state index contributed by atoms with van der Waals surface area (Å²) in [7, 11) is 1.62. The van der Waals surface area contributed by atoms with E-state index in [4.69, 9.17) is 9.47 Å². The van der Waals surface area contributed by atoms with Gasteiger partial charge in [-0.05, 0) is 73.5 Å². The lowest BCUT2D eigenvalue weighted by Gasteiger charge is -2.32. The summed E-state index contributed by atoms with van der Waals surface area (Å²) in [6.45, 7) is 2.39. The average Bonchev–Trinajstić information content (AvgIpc) is 2.88. The van der Waals surface area contributed by atoms with Crippen LogP contribution in [0.5, 0.6) is 11.5 Å². The summed E-state index contributed by atoms with van der Waals surface area (Å²) in [4.78, 5) is 15.0. The first-order chi connectivity index (χ1) is 16.1. The highest BCUT2D eigenvalue weighted by molar-refractivity contribution is 5.98. The molecule has 4 rings (SSSR count). The molecule has 5 nitrogen and oxygen atoms in total. The van der Waals surface area contributed by atoms with Gasteiger partial charge in [0.05, 0.1) is 7.11 Å². The Bertz CT molecular complexity index is 1010. The number of aliphatic hydroxyl groups excluding tert-OH is 1. The van der Waals surface area contributed by atoms with Crippen LogP contribution in [0.3, 0.4) is 0 Å². The fourth-order valence-electron chi connectivity index (χ4n) is 4.29. The molecule has 172 valence electrons. The molecule has 0 radical (unpaired) electrons. The number of carbonyl (C=O) groups is 1. The molecule has 1 atom stereocenters. The van der Waals surface area contributed by atoms with Crippen LogP contribution in [0.1, 0.15) is 23.2 Å². The molecule has 0 amide bonds. The van der Waals surface area contributed by atoms with Crippen LogP contribution in [0.25, 0.3) is 11.1 Å². The molecule has 0 saturated carbocycles. The van der Waals surface area contributed by atoms with Gasteiger partial charge < -0.3 is 19.5 Å². The van der Waals surface area contributed by atoms with E-state index in [1.54, 1.807) is 7.11 Å². The van der Waals surface area contributed by atoms with Crippen molar-refractivity contribution in [1.29, 1.82) is 0 Å². The number of carbonyl (C=O) groups excluding carboxylic acids is 1. The van der Waals surface area contributed by atoms with E-state index in [1.165, 1.54) is 0 Å². The van der Waals surface area contributed by atoms with E-state index in [9.17, 15) is 9.90 Å². The third-order valence-electron chi connectivity index (χ3n) is 6.21. The zero-order chi connectivity index (χ0) is 23.0. The van der Waals surface area contributed by atoms with E-state index in [0.717, 1.165) is 54.1 Å². The SMILES string of the molecule is COc1ccc(C(=O)C2CCN(CC(O)COc3ccc(-c4ccccc4)cc3)CC2)cc1. The first kappa shape index (κ1) is 23.0. The summed E-state index contributed by atoms with van der Waals surface area (Å²) < 4.78 is 11.0. The molecule has 1 heterocycles. The summed E-state index contributed by atoms with van der Waals surface area (Å²) in [5, 5.41) is 10.5. The highest BCUT2D eigenvalue weighted by Crippen LogP contribution is 2.24. The number of ether oxygens (including phenoxy) is 2. The maximum atomic E-state index is 12.8. The minimum atomic E-state index is -0.576. The number of likely N-dealkylation sites (tertiary alicyclic amines) is 1. The number of methoxy groups -OCH3 is 1. The van der Waals surface area contributed by atoms with Gasteiger partial charge in [0.2, 0.25) is 0 Å². The van der Waals surface area contributed by atoms with Gasteiger partial charge in [-0.3, -0.25) is 4.79 Å². The predicted molar refractivity (Wildman–Crippen MR) is 130 cm³/mol. The standard InChI is InChI=1S/C28H31NO4/c1-32-26-11-9-23(10-12-26)28(31)24-15-17-29(18-16-24)19-25(30)20-33-27-13-7-22(8-14-27)21-5-3-2-4-6-21/h2-14,24-25,30H,15-20H2,1H3. The van der Waals surface area contributed by atoms with Crippen LogP contribution in [-0.4, -0.2) is 55.2 Å². The number of ketones is 1. The molecular formula is C28H31NO4. The molecule has 1 saturated heterocycles. The molecule has 1 unspecified atom stereocenters. The van der Waals surface area contributed by atoms with E-state index in [1.807, 2.05) is 66.7 Å². The first-order valence-electron chi connectivity index (χ1n) is 11.5. The lowest BCUT2D eigenvalue weighted by molar-refractivity contribution is 0.0524. The second-order valence-electron chi connectivity index (χ2n) is 8.52. The van der Waals surface area contributed by atoms with E-state index in [-0.39, 0.29) is 18.3 Å². The monoisotopic (exact) mass is 445 g/mol. The maximum absolute atomic E-state index is 12.8. The Labute approximate surface area is 195 Å². The predicted octanol–water partition coefficient (Wildman–Crippen LogP) is 4.70. The first-order valence-corrected chi connectivity index (χ1v) is 11.5. The summed E-state index contributed by atoms with van der Waals surface area (Å²) in [5.41, 5.74) is 3.04. The van der Waals surface area contributed by atoms with Crippen molar-refractivity contribution in [3.8, 4) is 22.6 Å². The number of rotatable bonds is 9. The molecule has 33 heavy (non-hydrogen) atoms. The van der Waals surface area contributed by atoms with Crippen molar-refractivity contribution in [3.63, 3.8) is 0 Å². The van der Waals surface area contributed by atoms with Crippen LogP contribution < -0.4 is 9.47 Å². The van der Waals surface area contributed by atoms with E-state index < -0.39 is 6.10 Å². The largest absolute Gasteiger partial charge is 0.497 e. The molecule has 3 aromatic carbocycles. The van der Waals surface area contributed by atoms with Gasteiger partial charge in [0.25, 0.3) is 0 Å². The molecule has 1 fully saturated rings. The quantitative estimate of drug-likeness (QED) is 0.484. The zero-order valence-corrected chi connectivity index (χ0v) is 19.0. The Balaban J connectivity index is 1.20. The Hall–Kier alpha value is -3.15. The van der Waals surface area contributed by atoms with Crippen LogP contribution in [0.15, 0.2) is 78.9 Å². The van der Waals surface area contributed by atoms with Crippen LogP contribution in [0.4, 0.5) is 0 Å². The Morgan fingerprint density at radius 2 is 1.52 bits per heavy atom. The number of benzene rings is 3. The molecule has 0 bridgehead atoms. The number of nitrogens with zero attached hydrogens (tertiary/aromatic N) is 1. The van der Waals surface area contributed by atoms with Crippen molar-refractivity contribution < 1.29 is 19.4 Å². The Kier molecular flexibility index (Phi) is 7.76. The molecule has 0 spiro atoms. The summed E-state index contributed by atoms with van der Waals surface area (Å²) in [5.74, 6) is 1.73. The van der Waals surface area contributed by atoms with Gasteiger partial charge in [-0.25, -0.2) is 0 Å². The third-order valence-corrected chi connectivity index (χ3v) is 6.21. The number of β-amino-alcohol motifs (C(OH)–C–C–N with tert-alkyl or cyclic N) is 1. The van der Waals surface area contributed by atoms with Crippen LogP contribution in [0.2, 0.25) is 0 Å². The summed E-state index contributed by atoms with van der Waals surface area (Å²) >= 11 is 0. The van der Waals surface area contributed by atoms with Crippen LogP contribution in [-0.2, 0) is 0 Å². The number of hydrogen-bond acceptors (Lipinski definition) is 5. The average molecular weight is 446 g/mol. The molecule has 3 aromatic rings. The van der Waals surface area contributed by atoms with Crippen molar-refractivity contribution in [1.82, 2.24) is 4.90 Å². The van der Waals surface area contributed by atoms with Crippen molar-refractivity contribution >= 4 is 5.78 Å². The molecule has 0 aliphatic carbocycles. The normalized spacial score (nSPS) is 15.7. The second-order valence-corrected chi connectivity index (χ2v) is 8.52. The minimum absolute atomic E-state index is 0.0335. The summed E-state index contributed by atoms with van der Waals surface area (Å²) in [6.07, 6.45) is 1.03. The molecule has 1 aliphatic heterocycles. The fraction of sp³-hybridized carbons (Fsp3) is 0.321. The van der Waals surface area contributed by atoms with Crippen molar-refractivity contribution in [2.75, 3.05) is 33.4 Å². The number of Topliss-reactive ketones (excluding diaryl/α,β-unsaturated/α-hetero) is 1. The van der Waals surface area contributed by atoms with Crippen molar-refractivity contribution in [2.45, 2.75) is 18.9 Å². The van der Waals surface area contributed by atoms with Gasteiger partial charge in [0.15, 0.2) is 5.78 Å². The highest BCUT2D eigenvalue weighted by atomic mass is 16.5. The van der Waals surface area contributed by atoms with Gasteiger partial charge >= 0.3 is 0 Å². The van der Waals surface area contributed by atoms with Gasteiger partial charge in [-0.15, -0.1) is 0 Å². The van der Waals surface area contributed by atoms with Gasteiger partial charge in [-0.1, -0.05) is 42.5 Å². The van der Waals surface area contributed by atoms with Gasteiger partial charge in [-0.2, -0.15) is 0 Å². The number of aliphatic hydroxyl groups is 1. The van der Waals surface area contributed by atoms with Crippen molar-refractivity contribution in [3.05, 3.63) is 84.4 Å². The van der Waals surface area contributed by atoms with Gasteiger partial charge in [0, 0.05) is 18.0 Å². The van der Waals surface area contributed by atoms with Crippen molar-refractivity contribution in [2.24, 2.45) is 5.92 Å². The topological polar surface area (TPSA) is 59.0 Å². The zero-order valence-electron chi connectivity index (χ0n) is 19.0.